The summed E-state index contributed by atoms with van der Waals surface area (Å²) in [6.07, 6.45) is 1.86. The number of carbonyl (C=O) groups excluding carboxylic acids is 1. The Morgan fingerprint density at radius 2 is 2.00 bits per heavy atom. The Morgan fingerprint density at radius 1 is 1.26 bits per heavy atom. The van der Waals surface area contributed by atoms with Crippen LogP contribution in [0.25, 0.3) is 0 Å². The number of Topliss-reactive ketones (excluding diaryl/α,β-unsaturated/α-hetero) is 1. The van der Waals surface area contributed by atoms with Gasteiger partial charge >= 0.3 is 0 Å². The maximum Gasteiger partial charge on any atom is 0.175 e. The van der Waals surface area contributed by atoms with Crippen LogP contribution < -0.4 is 4.74 Å². The summed E-state index contributed by atoms with van der Waals surface area (Å²) in [5.41, 5.74) is 0.975. The molecule has 1 aromatic carbocycles. The van der Waals surface area contributed by atoms with Gasteiger partial charge in [-0.1, -0.05) is 18.2 Å². The number of rotatable bonds is 2. The lowest BCUT2D eigenvalue weighted by atomic mass is 9.79. The summed E-state index contributed by atoms with van der Waals surface area (Å²) in [5.74, 6) is 0.215. The van der Waals surface area contributed by atoms with Crippen LogP contribution in [-0.2, 0) is 14.3 Å². The highest BCUT2D eigenvalue weighted by Gasteiger charge is 2.45. The summed E-state index contributed by atoms with van der Waals surface area (Å²) in [6.45, 7) is 1.18. The molecule has 1 aliphatic carbocycles. The Hall–Kier alpha value is -1.39. The zero-order valence-electron chi connectivity index (χ0n) is 11.1. The molecule has 1 aliphatic heterocycles. The minimum absolute atomic E-state index is 0.102. The average Bonchev–Trinajstić information content (AvgIpc) is 2.87. The number of hydrogen-bond donors (Lipinski definition) is 0. The molecule has 1 spiro atoms. The summed E-state index contributed by atoms with van der Waals surface area (Å²) in [5, 5.41) is 0. The van der Waals surface area contributed by atoms with Crippen molar-refractivity contribution in [2.45, 2.75) is 31.0 Å². The van der Waals surface area contributed by atoms with Crippen LogP contribution in [0, 0.1) is 0 Å². The van der Waals surface area contributed by atoms with Gasteiger partial charge in [0.1, 0.15) is 11.5 Å². The van der Waals surface area contributed by atoms with Crippen LogP contribution in [0.2, 0.25) is 0 Å². The number of ketones is 1. The van der Waals surface area contributed by atoms with E-state index in [0.717, 1.165) is 24.2 Å². The van der Waals surface area contributed by atoms with Gasteiger partial charge < -0.3 is 14.2 Å². The molecule has 0 aromatic heterocycles. The van der Waals surface area contributed by atoms with Crippen molar-refractivity contribution in [1.82, 2.24) is 0 Å². The Bertz CT molecular complexity index is 477. The molecule has 0 bridgehead atoms. The molecule has 19 heavy (non-hydrogen) atoms. The Labute approximate surface area is 112 Å². The Morgan fingerprint density at radius 3 is 2.68 bits per heavy atom. The van der Waals surface area contributed by atoms with E-state index in [1.165, 1.54) is 0 Å². The van der Waals surface area contributed by atoms with Gasteiger partial charge in [-0.3, -0.25) is 4.79 Å². The second-order valence-corrected chi connectivity index (χ2v) is 5.08. The molecule has 4 nitrogen and oxygen atoms in total. The second kappa shape index (κ2) is 4.94. The van der Waals surface area contributed by atoms with Crippen molar-refractivity contribution in [3.8, 4) is 5.75 Å². The average molecular weight is 262 g/mol. The van der Waals surface area contributed by atoms with Crippen molar-refractivity contribution in [3.05, 3.63) is 29.8 Å². The van der Waals surface area contributed by atoms with Gasteiger partial charge in [0.05, 0.1) is 26.7 Å². The van der Waals surface area contributed by atoms with E-state index in [1.54, 1.807) is 7.11 Å². The summed E-state index contributed by atoms with van der Waals surface area (Å²) in [6, 6.07) is 7.73. The summed E-state index contributed by atoms with van der Waals surface area (Å²) in [4.78, 5) is 12.4. The van der Waals surface area contributed by atoms with Gasteiger partial charge in [0.15, 0.2) is 5.79 Å². The van der Waals surface area contributed by atoms with Crippen molar-refractivity contribution in [2.75, 3.05) is 20.3 Å². The third kappa shape index (κ3) is 2.26. The number of carbonyl (C=O) groups is 1. The molecule has 1 heterocycles. The minimum atomic E-state index is -0.643. The molecule has 1 saturated heterocycles. The van der Waals surface area contributed by atoms with E-state index >= 15 is 0 Å². The van der Waals surface area contributed by atoms with Crippen molar-refractivity contribution >= 4 is 5.78 Å². The topological polar surface area (TPSA) is 44.8 Å². The molecule has 0 radical (unpaired) electrons. The highest BCUT2D eigenvalue weighted by molar-refractivity contribution is 5.88. The van der Waals surface area contributed by atoms with Crippen molar-refractivity contribution in [2.24, 2.45) is 0 Å². The number of para-hydroxylation sites is 1. The first-order valence-electron chi connectivity index (χ1n) is 6.68. The minimum Gasteiger partial charge on any atom is -0.496 e. The lowest BCUT2D eigenvalue weighted by Gasteiger charge is -2.34. The largest absolute Gasteiger partial charge is 0.496 e. The molecule has 0 amide bonds. The van der Waals surface area contributed by atoms with Crippen LogP contribution in [0.5, 0.6) is 5.75 Å². The van der Waals surface area contributed by atoms with Gasteiger partial charge in [-0.15, -0.1) is 0 Å². The predicted octanol–water partition coefficient (Wildman–Crippen LogP) is 2.27. The molecule has 2 aliphatic rings. The first-order valence-corrected chi connectivity index (χ1v) is 6.68. The smallest absolute Gasteiger partial charge is 0.175 e. The lowest BCUT2D eigenvalue weighted by molar-refractivity contribution is -0.182. The molecule has 0 N–H and O–H groups in total. The molecular weight excluding hydrogens is 244 g/mol. The van der Waals surface area contributed by atoms with E-state index in [4.69, 9.17) is 14.2 Å². The number of hydrogen-bond acceptors (Lipinski definition) is 4. The molecular formula is C15H18O4. The molecule has 102 valence electrons. The summed E-state index contributed by atoms with van der Waals surface area (Å²) in [7, 11) is 1.64. The molecule has 1 unspecified atom stereocenters. The Balaban J connectivity index is 1.82. The normalized spacial score (nSPS) is 25.7. The van der Waals surface area contributed by atoms with E-state index in [0.29, 0.717) is 19.6 Å². The van der Waals surface area contributed by atoms with Crippen LogP contribution in [0.4, 0.5) is 0 Å². The highest BCUT2D eigenvalue weighted by Crippen LogP contribution is 2.42. The zero-order valence-corrected chi connectivity index (χ0v) is 11.1. The van der Waals surface area contributed by atoms with Gasteiger partial charge in [-0.2, -0.15) is 0 Å². The van der Waals surface area contributed by atoms with E-state index in [2.05, 4.69) is 0 Å². The van der Waals surface area contributed by atoms with Gasteiger partial charge in [-0.25, -0.2) is 0 Å². The molecule has 3 rings (SSSR count). The molecule has 1 saturated carbocycles. The fraction of sp³-hybridized carbons (Fsp3) is 0.533. The van der Waals surface area contributed by atoms with Crippen LogP contribution >= 0.6 is 0 Å². The first kappa shape index (κ1) is 12.6. The van der Waals surface area contributed by atoms with Crippen LogP contribution in [0.1, 0.15) is 30.7 Å². The number of methoxy groups -OCH3 is 1. The van der Waals surface area contributed by atoms with Crippen molar-refractivity contribution < 1.29 is 19.0 Å². The van der Waals surface area contributed by atoms with E-state index in [9.17, 15) is 4.79 Å². The third-order valence-electron chi connectivity index (χ3n) is 3.97. The fourth-order valence-corrected chi connectivity index (χ4v) is 3.03. The lowest BCUT2D eigenvalue weighted by Crippen LogP contribution is -2.39. The van der Waals surface area contributed by atoms with E-state index < -0.39 is 5.79 Å². The first-order chi connectivity index (χ1) is 9.24. The van der Waals surface area contributed by atoms with Crippen molar-refractivity contribution in [1.29, 1.82) is 0 Å². The van der Waals surface area contributed by atoms with Gasteiger partial charge in [-0.05, 0) is 12.5 Å². The molecule has 2 fully saturated rings. The second-order valence-electron chi connectivity index (χ2n) is 5.08. The number of benzene rings is 1. The predicted molar refractivity (Wildman–Crippen MR) is 69.2 cm³/mol. The van der Waals surface area contributed by atoms with Crippen molar-refractivity contribution in [3.63, 3.8) is 0 Å². The van der Waals surface area contributed by atoms with Crippen LogP contribution in [-0.4, -0.2) is 31.9 Å². The van der Waals surface area contributed by atoms with E-state index in [1.807, 2.05) is 24.3 Å². The van der Waals surface area contributed by atoms with Crippen LogP contribution in [0.15, 0.2) is 24.3 Å². The monoisotopic (exact) mass is 262 g/mol. The maximum absolute atomic E-state index is 12.4. The molecule has 4 heteroatoms. The van der Waals surface area contributed by atoms with Crippen LogP contribution in [0.3, 0.4) is 0 Å². The molecule has 1 atom stereocenters. The van der Waals surface area contributed by atoms with Gasteiger partial charge in [0.2, 0.25) is 0 Å². The van der Waals surface area contributed by atoms with Gasteiger partial charge in [0, 0.05) is 17.9 Å². The third-order valence-corrected chi connectivity index (χ3v) is 3.97. The summed E-state index contributed by atoms with van der Waals surface area (Å²) < 4.78 is 16.6. The Kier molecular flexibility index (Phi) is 3.29. The summed E-state index contributed by atoms with van der Waals surface area (Å²) >= 11 is 0. The zero-order chi connectivity index (χ0) is 13.3. The number of ether oxygens (including phenoxy) is 3. The standard InChI is InChI=1S/C15H18O4/c1-17-14-5-3-2-4-12(14)11-6-7-15(10-13(11)16)18-8-9-19-15/h2-5,11H,6-10H2,1H3. The fourth-order valence-electron chi connectivity index (χ4n) is 3.03. The molecule has 1 aromatic rings. The highest BCUT2D eigenvalue weighted by atomic mass is 16.7. The maximum atomic E-state index is 12.4. The quantitative estimate of drug-likeness (QED) is 0.820. The SMILES string of the molecule is COc1ccccc1C1CCC2(CC1=O)OCCO2. The van der Waals surface area contributed by atoms with Gasteiger partial charge in [0.25, 0.3) is 0 Å². The van der Waals surface area contributed by atoms with E-state index in [-0.39, 0.29) is 11.7 Å².